The summed E-state index contributed by atoms with van der Waals surface area (Å²) in [6.45, 7) is 0.373. The van der Waals surface area contributed by atoms with Crippen LogP contribution in [0.1, 0.15) is 5.56 Å². The van der Waals surface area contributed by atoms with Crippen LogP contribution in [0.5, 0.6) is 0 Å². The molecular weight excluding hydrogens is 222 g/mol. The minimum Gasteiger partial charge on any atom is -0.480 e. The van der Waals surface area contributed by atoms with Gasteiger partial charge in [-0.05, 0) is 11.6 Å². The maximum atomic E-state index is 11.7. The van der Waals surface area contributed by atoms with E-state index in [-0.39, 0.29) is 12.6 Å². The number of carboxylic acids is 1. The number of carbonyl (C=O) groups is 2. The number of carbonyl (C=O) groups excluding carboxylic acids is 1. The summed E-state index contributed by atoms with van der Waals surface area (Å²) in [6.07, 6.45) is 0. The van der Waals surface area contributed by atoms with Crippen molar-refractivity contribution in [1.29, 1.82) is 0 Å². The molecule has 1 heterocycles. The second kappa shape index (κ2) is 4.42. The number of carboxylic acid groups (broad SMARTS) is 1. The van der Waals surface area contributed by atoms with Crippen molar-refractivity contribution >= 4 is 17.7 Å². The molecule has 1 aliphatic heterocycles. The number of rotatable bonds is 3. The molecule has 0 saturated carbocycles. The smallest absolute Gasteiger partial charge is 0.322 e. The number of benzene rings is 1. The molecule has 1 aliphatic rings. The summed E-state index contributed by atoms with van der Waals surface area (Å²) in [7, 11) is 0. The maximum Gasteiger partial charge on any atom is 0.322 e. The minimum atomic E-state index is -1.11. The lowest BCUT2D eigenvalue weighted by atomic mass is 10.1. The highest BCUT2D eigenvalue weighted by molar-refractivity contribution is 5.92. The van der Waals surface area contributed by atoms with Crippen LogP contribution >= 0.6 is 0 Å². The van der Waals surface area contributed by atoms with E-state index >= 15 is 0 Å². The van der Waals surface area contributed by atoms with E-state index in [0.29, 0.717) is 6.54 Å². The number of urea groups is 1. The van der Waals surface area contributed by atoms with Crippen LogP contribution in [0.25, 0.3) is 0 Å². The van der Waals surface area contributed by atoms with Gasteiger partial charge in [-0.15, -0.1) is 0 Å². The second-order valence-corrected chi connectivity index (χ2v) is 3.91. The van der Waals surface area contributed by atoms with Crippen molar-refractivity contribution in [1.82, 2.24) is 4.90 Å². The summed E-state index contributed by atoms with van der Waals surface area (Å²) in [4.78, 5) is 23.7. The molecule has 1 aromatic carbocycles. The Morgan fingerprint density at radius 3 is 2.94 bits per heavy atom. The van der Waals surface area contributed by atoms with E-state index in [4.69, 9.17) is 10.8 Å². The van der Waals surface area contributed by atoms with Crippen molar-refractivity contribution in [2.45, 2.75) is 12.6 Å². The van der Waals surface area contributed by atoms with Gasteiger partial charge in [0.05, 0.1) is 0 Å². The van der Waals surface area contributed by atoms with Crippen LogP contribution < -0.4 is 11.1 Å². The van der Waals surface area contributed by atoms with Crippen molar-refractivity contribution in [3.8, 4) is 0 Å². The van der Waals surface area contributed by atoms with Crippen LogP contribution in [0, 0.1) is 0 Å². The summed E-state index contributed by atoms with van der Waals surface area (Å²) in [5.41, 5.74) is 7.12. The largest absolute Gasteiger partial charge is 0.480 e. The Balaban J connectivity index is 2.12. The van der Waals surface area contributed by atoms with E-state index in [1.165, 1.54) is 4.90 Å². The third-order valence-electron chi connectivity index (χ3n) is 2.64. The Hall–Kier alpha value is -2.08. The average Bonchev–Trinajstić information content (AvgIpc) is 2.29. The first-order chi connectivity index (χ1) is 8.08. The predicted octanol–water partition coefficient (Wildman–Crippen LogP) is 0.446. The summed E-state index contributed by atoms with van der Waals surface area (Å²) in [5, 5.41) is 11.4. The zero-order valence-electron chi connectivity index (χ0n) is 9.09. The van der Waals surface area contributed by atoms with Crippen LogP contribution in [-0.2, 0) is 11.3 Å². The molecule has 17 heavy (non-hydrogen) atoms. The van der Waals surface area contributed by atoms with Crippen LogP contribution in [0.15, 0.2) is 24.3 Å². The first-order valence-electron chi connectivity index (χ1n) is 5.20. The molecule has 0 bridgehead atoms. The quantitative estimate of drug-likeness (QED) is 0.708. The number of hydrogen-bond donors (Lipinski definition) is 3. The van der Waals surface area contributed by atoms with Gasteiger partial charge in [-0.3, -0.25) is 4.79 Å². The number of anilines is 1. The van der Waals surface area contributed by atoms with E-state index in [9.17, 15) is 9.59 Å². The molecule has 2 rings (SSSR count). The maximum absolute atomic E-state index is 11.7. The molecule has 0 radical (unpaired) electrons. The van der Waals surface area contributed by atoms with Crippen LogP contribution in [0.3, 0.4) is 0 Å². The van der Waals surface area contributed by atoms with E-state index in [0.717, 1.165) is 11.3 Å². The van der Waals surface area contributed by atoms with E-state index < -0.39 is 12.0 Å². The summed E-state index contributed by atoms with van der Waals surface area (Å²) in [6, 6.07) is 6.01. The molecule has 6 heteroatoms. The normalized spacial score (nSPS) is 16.1. The fraction of sp³-hybridized carbons (Fsp3) is 0.273. The van der Waals surface area contributed by atoms with Gasteiger partial charge in [0.15, 0.2) is 0 Å². The summed E-state index contributed by atoms with van der Waals surface area (Å²) < 4.78 is 0. The zero-order valence-corrected chi connectivity index (χ0v) is 9.09. The molecule has 1 atom stereocenters. The Bertz CT molecular complexity index is 461. The lowest BCUT2D eigenvalue weighted by Gasteiger charge is -2.30. The van der Waals surface area contributed by atoms with Crippen molar-refractivity contribution < 1.29 is 14.7 Å². The number of nitrogens with zero attached hydrogens (tertiary/aromatic N) is 1. The Labute approximate surface area is 98.0 Å². The van der Waals surface area contributed by atoms with Crippen molar-refractivity contribution in [2.75, 3.05) is 11.9 Å². The molecule has 1 unspecified atom stereocenters. The number of nitrogens with one attached hydrogen (secondary N) is 1. The second-order valence-electron chi connectivity index (χ2n) is 3.91. The summed E-state index contributed by atoms with van der Waals surface area (Å²) in [5.74, 6) is -1.11. The van der Waals surface area contributed by atoms with Crippen LogP contribution in [-0.4, -0.2) is 34.6 Å². The molecule has 2 amide bonds. The third-order valence-corrected chi connectivity index (χ3v) is 2.64. The van der Waals surface area contributed by atoms with Crippen molar-refractivity contribution in [3.63, 3.8) is 0 Å². The fourth-order valence-corrected chi connectivity index (χ4v) is 1.71. The van der Waals surface area contributed by atoms with Crippen molar-refractivity contribution in [3.05, 3.63) is 29.8 Å². The molecule has 0 spiro atoms. The number of aliphatic carboxylic acids is 1. The van der Waals surface area contributed by atoms with E-state index in [1.54, 1.807) is 0 Å². The average molecular weight is 235 g/mol. The molecule has 1 aromatic rings. The van der Waals surface area contributed by atoms with E-state index in [1.807, 2.05) is 24.3 Å². The molecular formula is C11H13N3O3. The van der Waals surface area contributed by atoms with Gasteiger partial charge in [0.25, 0.3) is 0 Å². The van der Waals surface area contributed by atoms with Gasteiger partial charge in [0.2, 0.25) is 0 Å². The lowest BCUT2D eigenvalue weighted by Crippen LogP contribution is -2.48. The first kappa shape index (κ1) is 11.4. The first-order valence-corrected chi connectivity index (χ1v) is 5.20. The van der Waals surface area contributed by atoms with Crippen LogP contribution in [0.4, 0.5) is 10.5 Å². The monoisotopic (exact) mass is 235 g/mol. The summed E-state index contributed by atoms with van der Waals surface area (Å²) >= 11 is 0. The van der Waals surface area contributed by atoms with Crippen LogP contribution in [0.2, 0.25) is 0 Å². The van der Waals surface area contributed by atoms with Crippen molar-refractivity contribution in [2.24, 2.45) is 5.73 Å². The number of hydrogen-bond acceptors (Lipinski definition) is 3. The highest BCUT2D eigenvalue weighted by Gasteiger charge is 2.25. The highest BCUT2D eigenvalue weighted by atomic mass is 16.4. The molecule has 0 saturated heterocycles. The van der Waals surface area contributed by atoms with E-state index in [2.05, 4.69) is 5.32 Å². The van der Waals surface area contributed by atoms with Gasteiger partial charge in [0, 0.05) is 18.8 Å². The SMILES string of the molecule is NC(CN1Cc2ccccc2NC1=O)C(=O)O. The number of amides is 2. The van der Waals surface area contributed by atoms with Gasteiger partial charge in [-0.25, -0.2) is 4.79 Å². The number of nitrogens with two attached hydrogens (primary N) is 1. The minimum absolute atomic E-state index is 0.00446. The lowest BCUT2D eigenvalue weighted by molar-refractivity contribution is -0.138. The molecule has 6 nitrogen and oxygen atoms in total. The predicted molar refractivity (Wildman–Crippen MR) is 61.5 cm³/mol. The molecule has 0 aliphatic carbocycles. The zero-order chi connectivity index (χ0) is 12.4. The Morgan fingerprint density at radius 1 is 1.53 bits per heavy atom. The van der Waals surface area contributed by atoms with Gasteiger partial charge in [0.1, 0.15) is 6.04 Å². The molecule has 0 fully saturated rings. The molecule has 4 N–H and O–H groups in total. The standard InChI is InChI=1S/C11H13N3O3/c12-8(10(15)16)6-14-5-7-3-1-2-4-9(7)13-11(14)17/h1-4,8H,5-6,12H2,(H,13,17)(H,15,16). The fourth-order valence-electron chi connectivity index (χ4n) is 1.71. The van der Waals surface area contributed by atoms with Gasteiger partial charge in [-0.1, -0.05) is 18.2 Å². The highest BCUT2D eigenvalue weighted by Crippen LogP contribution is 2.22. The third kappa shape index (κ3) is 2.36. The van der Waals surface area contributed by atoms with Gasteiger partial charge >= 0.3 is 12.0 Å². The Morgan fingerprint density at radius 2 is 2.24 bits per heavy atom. The topological polar surface area (TPSA) is 95.7 Å². The number of fused-ring (bicyclic) bond motifs is 1. The Kier molecular flexibility index (Phi) is 2.97. The molecule has 90 valence electrons. The van der Waals surface area contributed by atoms with Gasteiger partial charge in [-0.2, -0.15) is 0 Å². The number of para-hydroxylation sites is 1. The molecule has 0 aromatic heterocycles. The van der Waals surface area contributed by atoms with Gasteiger partial charge < -0.3 is 21.1 Å².